The van der Waals surface area contributed by atoms with E-state index in [0.29, 0.717) is 19.4 Å². The highest BCUT2D eigenvalue weighted by molar-refractivity contribution is 9.11. The molecule has 0 bridgehead atoms. The molecule has 0 N–H and O–H groups in total. The molecular formula is C19H18BrNO2S. The molecule has 0 saturated carbocycles. The molecule has 1 amide bonds. The zero-order valence-electron chi connectivity index (χ0n) is 13.4. The topological polar surface area (TPSA) is 33.5 Å². The summed E-state index contributed by atoms with van der Waals surface area (Å²) in [6, 6.07) is 17.9. The molecule has 0 spiro atoms. The SMILES string of the molecule is CN(Cc1ccc(Br)s1)C(=O)CCc1ccc(-c2ccccc2)o1. The van der Waals surface area contributed by atoms with Crippen LogP contribution in [0.2, 0.25) is 0 Å². The lowest BCUT2D eigenvalue weighted by Gasteiger charge is -2.15. The molecular weight excluding hydrogens is 386 g/mol. The Balaban J connectivity index is 1.53. The molecule has 1 aromatic carbocycles. The molecule has 2 aromatic heterocycles. The van der Waals surface area contributed by atoms with E-state index >= 15 is 0 Å². The maximum absolute atomic E-state index is 12.3. The highest BCUT2D eigenvalue weighted by Gasteiger charge is 2.12. The highest BCUT2D eigenvalue weighted by atomic mass is 79.9. The zero-order chi connectivity index (χ0) is 16.9. The fourth-order valence-electron chi connectivity index (χ4n) is 2.45. The second-order valence-electron chi connectivity index (χ2n) is 5.59. The van der Waals surface area contributed by atoms with Crippen LogP contribution < -0.4 is 0 Å². The Hall–Kier alpha value is -1.85. The number of benzene rings is 1. The van der Waals surface area contributed by atoms with Gasteiger partial charge in [-0.1, -0.05) is 30.3 Å². The van der Waals surface area contributed by atoms with Crippen LogP contribution in [-0.2, 0) is 17.8 Å². The molecule has 3 aromatic rings. The standard InChI is InChI=1S/C19H18BrNO2S/c1-21(13-16-9-11-18(20)24-16)19(22)12-8-15-7-10-17(23-15)14-5-3-2-4-6-14/h2-7,9-11H,8,12-13H2,1H3. The summed E-state index contributed by atoms with van der Waals surface area (Å²) >= 11 is 5.10. The fraction of sp³-hybridized carbons (Fsp3) is 0.211. The third-order valence-corrected chi connectivity index (χ3v) is 5.36. The minimum absolute atomic E-state index is 0.122. The molecule has 0 fully saturated rings. The second-order valence-corrected chi connectivity index (χ2v) is 8.14. The lowest BCUT2D eigenvalue weighted by Crippen LogP contribution is -2.25. The first-order valence-electron chi connectivity index (χ1n) is 7.74. The molecule has 0 radical (unpaired) electrons. The Bertz CT molecular complexity index is 810. The predicted molar refractivity (Wildman–Crippen MR) is 101 cm³/mol. The Kier molecular flexibility index (Phi) is 5.53. The van der Waals surface area contributed by atoms with Gasteiger partial charge in [0.25, 0.3) is 0 Å². The van der Waals surface area contributed by atoms with Crippen LogP contribution in [0.5, 0.6) is 0 Å². The average molecular weight is 404 g/mol. The number of aryl methyl sites for hydroxylation is 1. The molecule has 3 rings (SSSR count). The van der Waals surface area contributed by atoms with Gasteiger partial charge in [-0.25, -0.2) is 0 Å². The lowest BCUT2D eigenvalue weighted by atomic mass is 10.2. The molecule has 0 aliphatic heterocycles. The van der Waals surface area contributed by atoms with Crippen LogP contribution in [0.4, 0.5) is 0 Å². The molecule has 124 valence electrons. The van der Waals surface area contributed by atoms with Crippen LogP contribution in [0, 0.1) is 0 Å². The number of amides is 1. The number of thiophene rings is 1. The molecule has 0 unspecified atom stereocenters. The maximum Gasteiger partial charge on any atom is 0.223 e. The average Bonchev–Trinajstić information content (AvgIpc) is 3.22. The molecule has 0 atom stereocenters. The first-order valence-corrected chi connectivity index (χ1v) is 9.35. The predicted octanol–water partition coefficient (Wildman–Crippen LogP) is 5.36. The second kappa shape index (κ2) is 7.81. The van der Waals surface area contributed by atoms with Gasteiger partial charge in [0.15, 0.2) is 0 Å². The van der Waals surface area contributed by atoms with Crippen molar-refractivity contribution < 1.29 is 9.21 Å². The van der Waals surface area contributed by atoms with Crippen molar-refractivity contribution >= 4 is 33.2 Å². The normalized spacial score (nSPS) is 10.8. The van der Waals surface area contributed by atoms with E-state index in [-0.39, 0.29) is 5.91 Å². The number of carbonyl (C=O) groups is 1. The van der Waals surface area contributed by atoms with Crippen molar-refractivity contribution in [1.82, 2.24) is 4.90 Å². The van der Waals surface area contributed by atoms with E-state index in [0.717, 1.165) is 20.9 Å². The smallest absolute Gasteiger partial charge is 0.223 e. The Morgan fingerprint density at radius 2 is 1.92 bits per heavy atom. The molecule has 5 heteroatoms. The fourth-order valence-corrected chi connectivity index (χ4v) is 3.99. The lowest BCUT2D eigenvalue weighted by molar-refractivity contribution is -0.130. The van der Waals surface area contributed by atoms with Gasteiger partial charge in [0.1, 0.15) is 11.5 Å². The summed E-state index contributed by atoms with van der Waals surface area (Å²) in [5.74, 6) is 1.81. The van der Waals surface area contributed by atoms with Crippen LogP contribution in [0.1, 0.15) is 17.1 Å². The van der Waals surface area contributed by atoms with Crippen molar-refractivity contribution in [2.75, 3.05) is 7.05 Å². The van der Waals surface area contributed by atoms with Gasteiger partial charge in [0.2, 0.25) is 5.91 Å². The molecule has 24 heavy (non-hydrogen) atoms. The molecule has 0 saturated heterocycles. The molecule has 0 aliphatic carbocycles. The maximum atomic E-state index is 12.3. The third-order valence-electron chi connectivity index (χ3n) is 3.75. The van der Waals surface area contributed by atoms with E-state index in [1.54, 1.807) is 16.2 Å². The summed E-state index contributed by atoms with van der Waals surface area (Å²) in [6.45, 7) is 0.641. The number of halogens is 1. The van der Waals surface area contributed by atoms with Crippen LogP contribution in [0.15, 0.2) is 62.8 Å². The third kappa shape index (κ3) is 4.36. The van der Waals surface area contributed by atoms with E-state index in [4.69, 9.17) is 4.42 Å². The summed E-state index contributed by atoms with van der Waals surface area (Å²) in [4.78, 5) is 15.2. The van der Waals surface area contributed by atoms with Crippen LogP contribution in [0.3, 0.4) is 0 Å². The Morgan fingerprint density at radius 1 is 1.12 bits per heavy atom. The summed E-state index contributed by atoms with van der Waals surface area (Å²) in [7, 11) is 1.84. The van der Waals surface area contributed by atoms with Gasteiger partial charge < -0.3 is 9.32 Å². The van der Waals surface area contributed by atoms with E-state index < -0.39 is 0 Å². The molecule has 0 aliphatic rings. The minimum atomic E-state index is 0.122. The van der Waals surface area contributed by atoms with Crippen molar-refractivity contribution in [3.05, 3.63) is 69.0 Å². The Labute approximate surface area is 154 Å². The van der Waals surface area contributed by atoms with Crippen LogP contribution in [0.25, 0.3) is 11.3 Å². The van der Waals surface area contributed by atoms with Gasteiger partial charge in [-0.15, -0.1) is 11.3 Å². The summed E-state index contributed by atoms with van der Waals surface area (Å²) in [5.41, 5.74) is 1.05. The largest absolute Gasteiger partial charge is 0.461 e. The zero-order valence-corrected chi connectivity index (χ0v) is 15.8. The van der Waals surface area contributed by atoms with Crippen molar-refractivity contribution in [3.63, 3.8) is 0 Å². The van der Waals surface area contributed by atoms with Crippen LogP contribution in [-0.4, -0.2) is 17.9 Å². The number of furan rings is 1. The van der Waals surface area contributed by atoms with E-state index in [1.165, 1.54) is 4.88 Å². The number of hydrogen-bond donors (Lipinski definition) is 0. The van der Waals surface area contributed by atoms with Crippen molar-refractivity contribution in [2.24, 2.45) is 0 Å². The van der Waals surface area contributed by atoms with Gasteiger partial charge in [-0.05, 0) is 40.2 Å². The van der Waals surface area contributed by atoms with E-state index in [1.807, 2.05) is 61.6 Å². The molecule has 3 nitrogen and oxygen atoms in total. The van der Waals surface area contributed by atoms with E-state index in [2.05, 4.69) is 15.9 Å². The monoisotopic (exact) mass is 403 g/mol. The number of nitrogens with zero attached hydrogens (tertiary/aromatic N) is 1. The summed E-state index contributed by atoms with van der Waals surface area (Å²) in [5, 5.41) is 0. The van der Waals surface area contributed by atoms with Crippen molar-refractivity contribution in [2.45, 2.75) is 19.4 Å². The number of hydrogen-bond acceptors (Lipinski definition) is 3. The first kappa shape index (κ1) is 17.0. The van der Waals surface area contributed by atoms with Gasteiger partial charge >= 0.3 is 0 Å². The Morgan fingerprint density at radius 3 is 2.62 bits per heavy atom. The summed E-state index contributed by atoms with van der Waals surface area (Å²) < 4.78 is 6.93. The van der Waals surface area contributed by atoms with Gasteiger partial charge in [-0.2, -0.15) is 0 Å². The van der Waals surface area contributed by atoms with Gasteiger partial charge in [-0.3, -0.25) is 4.79 Å². The first-order chi connectivity index (χ1) is 11.6. The van der Waals surface area contributed by atoms with Crippen molar-refractivity contribution in [1.29, 1.82) is 0 Å². The minimum Gasteiger partial charge on any atom is -0.461 e. The number of carbonyl (C=O) groups excluding carboxylic acids is 1. The number of rotatable bonds is 6. The van der Waals surface area contributed by atoms with Crippen LogP contribution >= 0.6 is 27.3 Å². The van der Waals surface area contributed by atoms with Crippen molar-refractivity contribution in [3.8, 4) is 11.3 Å². The highest BCUT2D eigenvalue weighted by Crippen LogP contribution is 2.24. The van der Waals surface area contributed by atoms with Gasteiger partial charge in [0.05, 0.1) is 10.3 Å². The van der Waals surface area contributed by atoms with E-state index in [9.17, 15) is 4.79 Å². The summed E-state index contributed by atoms with van der Waals surface area (Å²) in [6.07, 6.45) is 1.06. The molecule has 2 heterocycles. The van der Waals surface area contributed by atoms with Gasteiger partial charge in [0, 0.05) is 30.3 Å². The quantitative estimate of drug-likeness (QED) is 0.554.